The molecule has 0 amide bonds. The Labute approximate surface area is 82.1 Å². The zero-order valence-corrected chi connectivity index (χ0v) is 8.11. The van der Waals surface area contributed by atoms with Crippen LogP contribution < -0.4 is 4.74 Å². The van der Waals surface area contributed by atoms with E-state index in [1.807, 2.05) is 0 Å². The number of hydrogen-bond donors (Lipinski definition) is 1. The number of phenols is 1. The van der Waals surface area contributed by atoms with Gasteiger partial charge in [-0.3, -0.25) is 4.79 Å². The maximum atomic E-state index is 10.8. The van der Waals surface area contributed by atoms with Crippen molar-refractivity contribution in [2.45, 2.75) is 6.61 Å². The number of aromatic hydroxyl groups is 1. The van der Waals surface area contributed by atoms with Gasteiger partial charge in [0.1, 0.15) is 0 Å². The van der Waals surface area contributed by atoms with Crippen LogP contribution in [0.1, 0.15) is 15.9 Å². The van der Waals surface area contributed by atoms with Crippen molar-refractivity contribution in [1.29, 1.82) is 0 Å². The molecule has 76 valence electrons. The molecule has 0 radical (unpaired) electrons. The normalized spacial score (nSPS) is 9.86. The summed E-state index contributed by atoms with van der Waals surface area (Å²) in [6.07, 6.45) is 0.646. The van der Waals surface area contributed by atoms with Crippen LogP contribution in [0, 0.1) is 0 Å². The minimum absolute atomic E-state index is 0.0468. The molecule has 1 N–H and O–H groups in total. The van der Waals surface area contributed by atoms with E-state index >= 15 is 0 Å². The van der Waals surface area contributed by atoms with Gasteiger partial charge in [-0.25, -0.2) is 0 Å². The first-order valence-corrected chi connectivity index (χ1v) is 4.07. The highest BCUT2D eigenvalue weighted by molar-refractivity contribution is 5.83. The topological polar surface area (TPSA) is 55.8 Å². The van der Waals surface area contributed by atoms with Crippen molar-refractivity contribution in [1.82, 2.24) is 0 Å². The predicted molar refractivity (Wildman–Crippen MR) is 50.8 cm³/mol. The molecule has 0 spiro atoms. The molecule has 0 unspecified atom stereocenters. The number of phenolic OH excluding ortho intramolecular Hbond substituents is 1. The van der Waals surface area contributed by atoms with E-state index in [1.54, 1.807) is 6.07 Å². The lowest BCUT2D eigenvalue weighted by Gasteiger charge is -2.10. The molecule has 0 saturated heterocycles. The van der Waals surface area contributed by atoms with Gasteiger partial charge in [0, 0.05) is 7.11 Å². The van der Waals surface area contributed by atoms with Crippen molar-refractivity contribution in [3.8, 4) is 11.5 Å². The maximum Gasteiger partial charge on any atom is 0.171 e. The van der Waals surface area contributed by atoms with Gasteiger partial charge in [-0.15, -0.1) is 0 Å². The van der Waals surface area contributed by atoms with Crippen molar-refractivity contribution in [3.05, 3.63) is 23.3 Å². The molecule has 1 aromatic rings. The second-order valence-electron chi connectivity index (χ2n) is 2.74. The van der Waals surface area contributed by atoms with E-state index in [2.05, 4.69) is 0 Å². The fourth-order valence-electron chi connectivity index (χ4n) is 1.25. The van der Waals surface area contributed by atoms with Gasteiger partial charge >= 0.3 is 0 Å². The van der Waals surface area contributed by atoms with Crippen molar-refractivity contribution in [2.24, 2.45) is 0 Å². The highest BCUT2D eigenvalue weighted by Gasteiger charge is 2.12. The van der Waals surface area contributed by atoms with Crippen LogP contribution in [0.5, 0.6) is 11.5 Å². The molecular weight excluding hydrogens is 184 g/mol. The van der Waals surface area contributed by atoms with Gasteiger partial charge in [-0.1, -0.05) is 6.07 Å². The SMILES string of the molecule is COCc1ccc(O)c(OC)c1C=O. The average molecular weight is 196 g/mol. The van der Waals surface area contributed by atoms with Gasteiger partial charge in [0.25, 0.3) is 0 Å². The second-order valence-corrected chi connectivity index (χ2v) is 2.74. The summed E-state index contributed by atoms with van der Waals surface area (Å²) in [4.78, 5) is 10.8. The zero-order chi connectivity index (χ0) is 10.6. The standard InChI is InChI=1S/C10H12O4/c1-13-6-7-3-4-9(12)10(14-2)8(7)5-11/h3-5,12H,6H2,1-2H3. The highest BCUT2D eigenvalue weighted by atomic mass is 16.5. The molecule has 0 atom stereocenters. The summed E-state index contributed by atoms with van der Waals surface area (Å²) in [7, 11) is 2.94. The van der Waals surface area contributed by atoms with Crippen LogP contribution in [0.3, 0.4) is 0 Å². The smallest absolute Gasteiger partial charge is 0.171 e. The molecule has 0 aliphatic heterocycles. The molecule has 0 saturated carbocycles. The number of carbonyl (C=O) groups is 1. The van der Waals surface area contributed by atoms with Crippen LogP contribution in [-0.2, 0) is 11.3 Å². The van der Waals surface area contributed by atoms with Crippen molar-refractivity contribution in [3.63, 3.8) is 0 Å². The number of rotatable bonds is 4. The first kappa shape index (κ1) is 10.5. The Morgan fingerprint density at radius 1 is 1.43 bits per heavy atom. The average Bonchev–Trinajstić information content (AvgIpc) is 2.20. The fraction of sp³-hybridized carbons (Fsp3) is 0.300. The Morgan fingerprint density at radius 3 is 2.64 bits per heavy atom. The van der Waals surface area contributed by atoms with Gasteiger partial charge < -0.3 is 14.6 Å². The Hall–Kier alpha value is -1.55. The number of hydrogen-bond acceptors (Lipinski definition) is 4. The largest absolute Gasteiger partial charge is 0.504 e. The van der Waals surface area contributed by atoms with Crippen molar-refractivity contribution in [2.75, 3.05) is 14.2 Å². The minimum Gasteiger partial charge on any atom is -0.504 e. The van der Waals surface area contributed by atoms with Crippen LogP contribution >= 0.6 is 0 Å². The van der Waals surface area contributed by atoms with Crippen molar-refractivity contribution >= 4 is 6.29 Å². The Bertz CT molecular complexity index is 333. The molecule has 1 aromatic carbocycles. The summed E-state index contributed by atoms with van der Waals surface area (Å²) < 4.78 is 9.83. The van der Waals surface area contributed by atoms with Crippen molar-refractivity contribution < 1.29 is 19.4 Å². The molecule has 0 aliphatic carbocycles. The highest BCUT2D eigenvalue weighted by Crippen LogP contribution is 2.31. The third-order valence-electron chi connectivity index (χ3n) is 1.89. The monoisotopic (exact) mass is 196 g/mol. The number of ether oxygens (including phenoxy) is 2. The van der Waals surface area contributed by atoms with E-state index in [0.717, 1.165) is 0 Å². The first-order chi connectivity index (χ1) is 6.74. The van der Waals surface area contributed by atoms with E-state index in [-0.39, 0.29) is 11.5 Å². The van der Waals surface area contributed by atoms with E-state index < -0.39 is 0 Å². The molecule has 0 aromatic heterocycles. The number of carbonyl (C=O) groups excluding carboxylic acids is 1. The molecule has 0 bridgehead atoms. The lowest BCUT2D eigenvalue weighted by atomic mass is 10.1. The molecule has 0 heterocycles. The first-order valence-electron chi connectivity index (χ1n) is 4.07. The van der Waals surface area contributed by atoms with Crippen LogP contribution in [0.15, 0.2) is 12.1 Å². The third-order valence-corrected chi connectivity index (χ3v) is 1.89. The van der Waals surface area contributed by atoms with E-state index in [9.17, 15) is 9.90 Å². The van der Waals surface area contributed by atoms with Crippen LogP contribution in [0.4, 0.5) is 0 Å². The van der Waals surface area contributed by atoms with Gasteiger partial charge in [0.2, 0.25) is 0 Å². The summed E-state index contributed by atoms with van der Waals surface area (Å²) >= 11 is 0. The van der Waals surface area contributed by atoms with Crippen LogP contribution in [0.2, 0.25) is 0 Å². The molecular formula is C10H12O4. The summed E-state index contributed by atoms with van der Waals surface area (Å²) in [5, 5.41) is 9.39. The lowest BCUT2D eigenvalue weighted by molar-refractivity contribution is 0.111. The molecule has 0 aliphatic rings. The number of benzene rings is 1. The minimum atomic E-state index is -0.0468. The van der Waals surface area contributed by atoms with Gasteiger partial charge in [-0.2, -0.15) is 0 Å². The molecule has 14 heavy (non-hydrogen) atoms. The van der Waals surface area contributed by atoms with Gasteiger partial charge in [0.15, 0.2) is 17.8 Å². The molecule has 4 nitrogen and oxygen atoms in total. The maximum absolute atomic E-state index is 10.8. The van der Waals surface area contributed by atoms with E-state index in [1.165, 1.54) is 20.3 Å². The Morgan fingerprint density at radius 2 is 2.14 bits per heavy atom. The molecule has 1 rings (SSSR count). The number of methoxy groups -OCH3 is 2. The molecule has 4 heteroatoms. The summed E-state index contributed by atoms with van der Waals surface area (Å²) in [5.41, 5.74) is 1.02. The summed E-state index contributed by atoms with van der Waals surface area (Å²) in [6.45, 7) is 0.310. The predicted octanol–water partition coefficient (Wildman–Crippen LogP) is 1.36. The summed E-state index contributed by atoms with van der Waals surface area (Å²) in [6, 6.07) is 3.10. The second kappa shape index (κ2) is 4.62. The van der Waals surface area contributed by atoms with E-state index in [4.69, 9.17) is 9.47 Å². The third kappa shape index (κ3) is 1.85. The van der Waals surface area contributed by atoms with Gasteiger partial charge in [-0.05, 0) is 11.6 Å². The Balaban J connectivity index is 3.25. The van der Waals surface area contributed by atoms with Crippen LogP contribution in [-0.4, -0.2) is 25.6 Å². The quantitative estimate of drug-likeness (QED) is 0.739. The van der Waals surface area contributed by atoms with Gasteiger partial charge in [0.05, 0.1) is 19.3 Å². The Kier molecular flexibility index (Phi) is 3.48. The summed E-state index contributed by atoms with van der Waals surface area (Å²) in [5.74, 6) is 0.143. The molecule has 0 fully saturated rings. The fourth-order valence-corrected chi connectivity index (χ4v) is 1.25. The zero-order valence-electron chi connectivity index (χ0n) is 8.11. The van der Waals surface area contributed by atoms with E-state index in [0.29, 0.717) is 24.0 Å². The number of aldehydes is 1. The van der Waals surface area contributed by atoms with Crippen LogP contribution in [0.25, 0.3) is 0 Å². The lowest BCUT2D eigenvalue weighted by Crippen LogP contribution is -1.98.